The molecule has 0 saturated carbocycles. The number of rotatable bonds is 4. The fraction of sp³-hybridized carbons (Fsp3) is 0.286. The van der Waals surface area contributed by atoms with Gasteiger partial charge in [0.15, 0.2) is 0 Å². The lowest BCUT2D eigenvalue weighted by molar-refractivity contribution is 0.102. The molecule has 19 heavy (non-hydrogen) atoms. The Labute approximate surface area is 122 Å². The number of ketones is 1. The van der Waals surface area contributed by atoms with Gasteiger partial charge in [0, 0.05) is 17.1 Å². The molecule has 1 aromatic heterocycles. The number of carbonyl (C=O) groups excluding carboxylic acids is 1. The van der Waals surface area contributed by atoms with Crippen molar-refractivity contribution in [1.29, 1.82) is 0 Å². The Morgan fingerprint density at radius 3 is 2.79 bits per heavy atom. The average molecular weight is 297 g/mol. The second-order valence-corrected chi connectivity index (χ2v) is 5.20. The maximum atomic E-state index is 12.6. The topological polar surface area (TPSA) is 34.9 Å². The number of benzene rings is 1. The number of nitrogens with zero attached hydrogens (tertiary/aromatic N) is 2. The third kappa shape index (κ3) is 2.82. The van der Waals surface area contributed by atoms with Gasteiger partial charge in [0.2, 0.25) is 5.78 Å². The van der Waals surface area contributed by atoms with Gasteiger partial charge in [-0.25, -0.2) is 0 Å². The zero-order chi connectivity index (χ0) is 14.0. The van der Waals surface area contributed by atoms with Crippen LogP contribution in [0.15, 0.2) is 24.4 Å². The minimum atomic E-state index is -0.143. The highest BCUT2D eigenvalue weighted by atomic mass is 35.5. The highest BCUT2D eigenvalue weighted by Crippen LogP contribution is 2.23. The number of hydrogen-bond acceptors (Lipinski definition) is 2. The van der Waals surface area contributed by atoms with E-state index in [9.17, 15) is 4.79 Å². The molecule has 0 amide bonds. The van der Waals surface area contributed by atoms with Gasteiger partial charge in [-0.3, -0.25) is 9.48 Å². The van der Waals surface area contributed by atoms with E-state index >= 15 is 0 Å². The van der Waals surface area contributed by atoms with Crippen LogP contribution in [0.4, 0.5) is 0 Å². The van der Waals surface area contributed by atoms with E-state index < -0.39 is 0 Å². The molecule has 1 aromatic carbocycles. The van der Waals surface area contributed by atoms with Crippen LogP contribution in [-0.2, 0) is 6.54 Å². The van der Waals surface area contributed by atoms with Crippen molar-refractivity contribution < 1.29 is 4.79 Å². The number of carbonyl (C=O) groups is 1. The van der Waals surface area contributed by atoms with Gasteiger partial charge in [-0.1, -0.05) is 36.2 Å². The number of aryl methyl sites for hydroxylation is 2. The summed E-state index contributed by atoms with van der Waals surface area (Å²) in [7, 11) is 0. The van der Waals surface area contributed by atoms with Crippen LogP contribution in [-0.4, -0.2) is 15.6 Å². The number of aromatic nitrogens is 2. The molecule has 100 valence electrons. The fourth-order valence-corrected chi connectivity index (χ4v) is 2.34. The summed E-state index contributed by atoms with van der Waals surface area (Å²) in [6.07, 6.45) is 2.39. The summed E-state index contributed by atoms with van der Waals surface area (Å²) in [6, 6.07) is 5.25. The summed E-state index contributed by atoms with van der Waals surface area (Å²) in [5, 5.41) is 5.04. The first-order valence-electron chi connectivity index (χ1n) is 6.06. The van der Waals surface area contributed by atoms with Crippen LogP contribution in [0.5, 0.6) is 0 Å². The second kappa shape index (κ2) is 5.76. The Balaban J connectivity index is 2.49. The second-order valence-electron chi connectivity index (χ2n) is 4.35. The predicted molar refractivity (Wildman–Crippen MR) is 77.1 cm³/mol. The molecular formula is C14H14Cl2N2O. The molecule has 0 N–H and O–H groups in total. The van der Waals surface area contributed by atoms with Crippen molar-refractivity contribution in [1.82, 2.24) is 9.78 Å². The maximum absolute atomic E-state index is 12.6. The molecule has 1 heterocycles. The maximum Gasteiger partial charge on any atom is 0.212 e. The van der Waals surface area contributed by atoms with E-state index in [0.717, 1.165) is 12.0 Å². The Morgan fingerprint density at radius 2 is 2.11 bits per heavy atom. The summed E-state index contributed by atoms with van der Waals surface area (Å²) in [5.74, 6) is -0.143. The van der Waals surface area contributed by atoms with Crippen molar-refractivity contribution in [3.63, 3.8) is 0 Å². The van der Waals surface area contributed by atoms with Crippen molar-refractivity contribution >= 4 is 29.0 Å². The predicted octanol–water partition coefficient (Wildman–Crippen LogP) is 4.14. The highest BCUT2D eigenvalue weighted by molar-refractivity contribution is 6.35. The largest absolute Gasteiger partial charge is 0.287 e. The molecule has 0 atom stereocenters. The summed E-state index contributed by atoms with van der Waals surface area (Å²) in [4.78, 5) is 12.6. The lowest BCUT2D eigenvalue weighted by atomic mass is 10.0. The highest BCUT2D eigenvalue weighted by Gasteiger charge is 2.20. The van der Waals surface area contributed by atoms with Crippen LogP contribution in [0.2, 0.25) is 10.0 Å². The molecule has 0 aliphatic heterocycles. The Bertz CT molecular complexity index is 620. The Hall–Kier alpha value is -1.32. The number of hydrogen-bond donors (Lipinski definition) is 0. The van der Waals surface area contributed by atoms with Crippen molar-refractivity contribution in [3.05, 3.63) is 51.3 Å². The zero-order valence-corrected chi connectivity index (χ0v) is 12.3. The Morgan fingerprint density at radius 1 is 1.37 bits per heavy atom. The molecule has 0 fully saturated rings. The van der Waals surface area contributed by atoms with Gasteiger partial charge >= 0.3 is 0 Å². The first-order valence-corrected chi connectivity index (χ1v) is 6.82. The lowest BCUT2D eigenvalue weighted by Crippen LogP contribution is -2.13. The van der Waals surface area contributed by atoms with Crippen LogP contribution in [0.25, 0.3) is 0 Å². The van der Waals surface area contributed by atoms with E-state index in [1.165, 1.54) is 6.20 Å². The van der Waals surface area contributed by atoms with E-state index in [0.29, 0.717) is 27.8 Å². The van der Waals surface area contributed by atoms with E-state index in [-0.39, 0.29) is 5.78 Å². The quantitative estimate of drug-likeness (QED) is 0.795. The molecular weight excluding hydrogens is 283 g/mol. The van der Waals surface area contributed by atoms with Crippen molar-refractivity contribution in [2.75, 3.05) is 0 Å². The molecule has 0 bridgehead atoms. The van der Waals surface area contributed by atoms with Crippen molar-refractivity contribution in [2.24, 2.45) is 0 Å². The molecule has 0 saturated heterocycles. The van der Waals surface area contributed by atoms with Gasteiger partial charge in [0.25, 0.3) is 0 Å². The molecule has 2 aromatic rings. The minimum absolute atomic E-state index is 0.143. The van der Waals surface area contributed by atoms with Crippen LogP contribution >= 0.6 is 23.2 Å². The van der Waals surface area contributed by atoms with Crippen LogP contribution in [0.3, 0.4) is 0 Å². The average Bonchev–Trinajstić information content (AvgIpc) is 2.73. The monoisotopic (exact) mass is 296 g/mol. The summed E-state index contributed by atoms with van der Waals surface area (Å²) < 4.78 is 1.64. The zero-order valence-electron chi connectivity index (χ0n) is 10.8. The van der Waals surface area contributed by atoms with E-state index in [2.05, 4.69) is 5.10 Å². The molecule has 0 unspecified atom stereocenters. The SMILES string of the molecule is CCCn1ncc(Cl)c1C(=O)c1cc(Cl)ccc1C. The molecule has 0 radical (unpaired) electrons. The summed E-state index contributed by atoms with van der Waals surface area (Å²) >= 11 is 12.0. The molecule has 2 rings (SSSR count). The first-order chi connectivity index (χ1) is 9.04. The molecule has 5 heteroatoms. The smallest absolute Gasteiger partial charge is 0.212 e. The minimum Gasteiger partial charge on any atom is -0.287 e. The molecule has 0 spiro atoms. The van der Waals surface area contributed by atoms with Gasteiger partial charge in [-0.05, 0) is 31.0 Å². The van der Waals surface area contributed by atoms with Gasteiger partial charge in [-0.2, -0.15) is 5.10 Å². The summed E-state index contributed by atoms with van der Waals surface area (Å²) in [5.41, 5.74) is 1.86. The number of halogens is 2. The van der Waals surface area contributed by atoms with Crippen molar-refractivity contribution in [2.45, 2.75) is 26.8 Å². The third-order valence-corrected chi connectivity index (χ3v) is 3.40. The Kier molecular flexibility index (Phi) is 4.27. The van der Waals surface area contributed by atoms with Gasteiger partial charge < -0.3 is 0 Å². The van der Waals surface area contributed by atoms with Gasteiger partial charge in [0.05, 0.1) is 11.2 Å². The summed E-state index contributed by atoms with van der Waals surface area (Å²) in [6.45, 7) is 4.56. The first kappa shape index (κ1) is 14.1. The molecule has 0 aliphatic carbocycles. The molecule has 0 aliphatic rings. The van der Waals surface area contributed by atoms with E-state index in [1.807, 2.05) is 19.9 Å². The van der Waals surface area contributed by atoms with E-state index in [4.69, 9.17) is 23.2 Å². The molecule has 3 nitrogen and oxygen atoms in total. The lowest BCUT2D eigenvalue weighted by Gasteiger charge is -2.08. The van der Waals surface area contributed by atoms with Crippen LogP contribution in [0, 0.1) is 6.92 Å². The normalized spacial score (nSPS) is 10.7. The van der Waals surface area contributed by atoms with Crippen LogP contribution in [0.1, 0.15) is 35.0 Å². The van der Waals surface area contributed by atoms with Crippen LogP contribution < -0.4 is 0 Å². The van der Waals surface area contributed by atoms with Gasteiger partial charge in [-0.15, -0.1) is 0 Å². The third-order valence-electron chi connectivity index (χ3n) is 2.89. The van der Waals surface area contributed by atoms with Crippen molar-refractivity contribution in [3.8, 4) is 0 Å². The van der Waals surface area contributed by atoms with Gasteiger partial charge in [0.1, 0.15) is 5.69 Å². The fourth-order valence-electron chi connectivity index (χ4n) is 1.94. The standard InChI is InChI=1S/C14H14Cl2N2O/c1-3-6-18-13(12(16)8-17-18)14(19)11-7-10(15)5-4-9(11)2/h4-5,7-8H,3,6H2,1-2H3. The van der Waals surface area contributed by atoms with E-state index in [1.54, 1.807) is 16.8 Å².